The van der Waals surface area contributed by atoms with E-state index in [1.165, 1.54) is 29.2 Å². The second-order valence-corrected chi connectivity index (χ2v) is 7.25. The minimum absolute atomic E-state index is 0.0401. The highest BCUT2D eigenvalue weighted by molar-refractivity contribution is 7.80. The first-order chi connectivity index (χ1) is 14.9. The number of amides is 1. The number of nitrogens with zero attached hydrogens (tertiary/aromatic N) is 2. The molecule has 0 unspecified atom stereocenters. The fourth-order valence-electron chi connectivity index (χ4n) is 2.94. The van der Waals surface area contributed by atoms with E-state index < -0.39 is 4.92 Å². The topological polar surface area (TPSA) is 97.8 Å². The molecule has 1 N–H and O–H groups in total. The quantitative estimate of drug-likeness (QED) is 0.249. The highest BCUT2D eigenvalue weighted by atomic mass is 35.5. The lowest BCUT2D eigenvalue weighted by Gasteiger charge is -2.13. The smallest absolute Gasteiger partial charge is 0.312 e. The van der Waals surface area contributed by atoms with Crippen LogP contribution in [-0.4, -0.2) is 15.9 Å². The van der Waals surface area contributed by atoms with Crippen molar-refractivity contribution in [1.82, 2.24) is 5.32 Å². The number of thiocarbonyl (C=S) groups is 1. The van der Waals surface area contributed by atoms with Gasteiger partial charge in [-0.3, -0.25) is 19.8 Å². The summed E-state index contributed by atoms with van der Waals surface area (Å²) in [5.41, 5.74) is 0.687. The summed E-state index contributed by atoms with van der Waals surface area (Å²) >= 11 is 11.1. The molecule has 2 heterocycles. The molecule has 4 rings (SSSR count). The number of halogens is 1. The molecular formula is C21H14ClN3O5S. The summed E-state index contributed by atoms with van der Waals surface area (Å²) in [6, 6.07) is 16.5. The number of benzene rings is 2. The van der Waals surface area contributed by atoms with Gasteiger partial charge in [0.1, 0.15) is 23.8 Å². The van der Waals surface area contributed by atoms with Gasteiger partial charge in [0, 0.05) is 17.2 Å². The van der Waals surface area contributed by atoms with E-state index in [1.807, 2.05) is 18.2 Å². The van der Waals surface area contributed by atoms with Gasteiger partial charge < -0.3 is 14.5 Å². The molecule has 1 saturated heterocycles. The average Bonchev–Trinajstić information content (AvgIpc) is 3.31. The van der Waals surface area contributed by atoms with E-state index >= 15 is 0 Å². The number of carbonyl (C=O) groups is 1. The van der Waals surface area contributed by atoms with Gasteiger partial charge in [0.25, 0.3) is 5.91 Å². The zero-order chi connectivity index (χ0) is 22.0. The van der Waals surface area contributed by atoms with E-state index in [1.54, 1.807) is 24.3 Å². The Hall–Kier alpha value is -3.69. The minimum Gasteiger partial charge on any atom is -0.479 e. The van der Waals surface area contributed by atoms with Crippen LogP contribution < -0.4 is 15.0 Å². The second-order valence-electron chi connectivity index (χ2n) is 6.43. The number of para-hydroxylation sites is 1. The standard InChI is InChI=1S/C21H14ClN3O5S/c22-13-6-9-19(18(10-13)25(27)28)29-12-16-8-7-15(30-16)11-17-20(26)24(21(31)23-17)14-4-2-1-3-5-14/h1-11H,12H2,(H,23,31)/b17-11+. The summed E-state index contributed by atoms with van der Waals surface area (Å²) < 4.78 is 11.2. The van der Waals surface area contributed by atoms with Crippen LogP contribution in [0.2, 0.25) is 5.02 Å². The molecule has 0 saturated carbocycles. The molecule has 0 spiro atoms. The Morgan fingerprint density at radius 2 is 1.97 bits per heavy atom. The fraction of sp³-hybridized carbons (Fsp3) is 0.0476. The fourth-order valence-corrected chi connectivity index (χ4v) is 3.41. The Labute approximate surface area is 186 Å². The Balaban J connectivity index is 1.47. The first kappa shape index (κ1) is 20.6. The summed E-state index contributed by atoms with van der Waals surface area (Å²) in [6.07, 6.45) is 1.53. The highest BCUT2D eigenvalue weighted by Gasteiger charge is 2.32. The molecule has 0 aliphatic carbocycles. The Morgan fingerprint density at radius 3 is 2.71 bits per heavy atom. The highest BCUT2D eigenvalue weighted by Crippen LogP contribution is 2.31. The number of hydrogen-bond donors (Lipinski definition) is 1. The van der Waals surface area contributed by atoms with Crippen LogP contribution in [-0.2, 0) is 11.4 Å². The molecule has 31 heavy (non-hydrogen) atoms. The summed E-state index contributed by atoms with van der Waals surface area (Å²) in [7, 11) is 0. The molecular weight excluding hydrogens is 442 g/mol. The van der Waals surface area contributed by atoms with Crippen molar-refractivity contribution in [1.29, 1.82) is 0 Å². The van der Waals surface area contributed by atoms with Crippen molar-refractivity contribution in [2.45, 2.75) is 6.61 Å². The van der Waals surface area contributed by atoms with Gasteiger partial charge in [-0.05, 0) is 48.6 Å². The number of nitrogens with one attached hydrogen (secondary N) is 1. The van der Waals surface area contributed by atoms with Crippen LogP contribution in [0.5, 0.6) is 5.75 Å². The number of nitro groups is 1. The lowest BCUT2D eigenvalue weighted by atomic mass is 10.3. The zero-order valence-corrected chi connectivity index (χ0v) is 17.4. The Morgan fingerprint density at radius 1 is 1.19 bits per heavy atom. The van der Waals surface area contributed by atoms with Crippen LogP contribution in [0, 0.1) is 10.1 Å². The van der Waals surface area contributed by atoms with Crippen LogP contribution in [0.15, 0.2) is 70.8 Å². The van der Waals surface area contributed by atoms with Crippen molar-refractivity contribution in [3.05, 3.63) is 93.0 Å². The first-order valence-corrected chi connectivity index (χ1v) is 9.78. The van der Waals surface area contributed by atoms with E-state index in [9.17, 15) is 14.9 Å². The zero-order valence-electron chi connectivity index (χ0n) is 15.8. The molecule has 1 aliphatic rings. The van der Waals surface area contributed by atoms with Gasteiger partial charge in [0.05, 0.1) is 10.6 Å². The van der Waals surface area contributed by atoms with Gasteiger partial charge in [-0.2, -0.15) is 0 Å². The van der Waals surface area contributed by atoms with Crippen LogP contribution in [0.25, 0.3) is 6.08 Å². The van der Waals surface area contributed by atoms with E-state index in [0.29, 0.717) is 17.2 Å². The van der Waals surface area contributed by atoms with Crippen molar-refractivity contribution in [3.63, 3.8) is 0 Å². The molecule has 1 aliphatic heterocycles. The van der Waals surface area contributed by atoms with E-state index in [0.717, 1.165) is 0 Å². The third kappa shape index (κ3) is 4.42. The number of anilines is 1. The molecule has 156 valence electrons. The van der Waals surface area contributed by atoms with Crippen LogP contribution in [0.3, 0.4) is 0 Å². The maximum absolute atomic E-state index is 12.7. The van der Waals surface area contributed by atoms with Crippen LogP contribution in [0.1, 0.15) is 11.5 Å². The van der Waals surface area contributed by atoms with Gasteiger partial charge in [-0.15, -0.1) is 0 Å². The number of hydrogen-bond acceptors (Lipinski definition) is 6. The number of ether oxygens (including phenoxy) is 1. The number of carbonyl (C=O) groups excluding carboxylic acids is 1. The molecule has 0 bridgehead atoms. The average molecular weight is 456 g/mol. The molecule has 8 nitrogen and oxygen atoms in total. The van der Waals surface area contributed by atoms with E-state index in [4.69, 9.17) is 33.0 Å². The van der Waals surface area contributed by atoms with Gasteiger partial charge in [-0.25, -0.2) is 0 Å². The van der Waals surface area contributed by atoms with Crippen molar-refractivity contribution >= 4 is 52.3 Å². The monoisotopic (exact) mass is 455 g/mol. The molecule has 1 amide bonds. The van der Waals surface area contributed by atoms with Crippen LogP contribution in [0.4, 0.5) is 11.4 Å². The molecule has 1 fully saturated rings. The molecule has 10 heteroatoms. The predicted molar refractivity (Wildman–Crippen MR) is 119 cm³/mol. The predicted octanol–water partition coefficient (Wildman–Crippen LogP) is 4.68. The lowest BCUT2D eigenvalue weighted by molar-refractivity contribution is -0.385. The molecule has 2 aromatic carbocycles. The van der Waals surface area contributed by atoms with Gasteiger partial charge in [0.15, 0.2) is 10.9 Å². The summed E-state index contributed by atoms with van der Waals surface area (Å²) in [4.78, 5) is 24.7. The first-order valence-electron chi connectivity index (χ1n) is 9.00. The van der Waals surface area contributed by atoms with Crippen molar-refractivity contribution in [2.24, 2.45) is 0 Å². The molecule has 0 radical (unpaired) electrons. The Kier molecular flexibility index (Phi) is 5.70. The normalized spacial score (nSPS) is 14.7. The third-order valence-electron chi connectivity index (χ3n) is 4.35. The summed E-state index contributed by atoms with van der Waals surface area (Å²) in [5, 5.41) is 14.5. The number of nitro benzene ring substituents is 1. The minimum atomic E-state index is -0.571. The van der Waals surface area contributed by atoms with Crippen molar-refractivity contribution < 1.29 is 18.9 Å². The second kappa shape index (κ2) is 8.58. The number of furan rings is 1. The van der Waals surface area contributed by atoms with Gasteiger partial charge in [0.2, 0.25) is 0 Å². The lowest BCUT2D eigenvalue weighted by Crippen LogP contribution is -2.30. The third-order valence-corrected chi connectivity index (χ3v) is 4.87. The van der Waals surface area contributed by atoms with Gasteiger partial charge >= 0.3 is 5.69 Å². The number of rotatable bonds is 6. The SMILES string of the molecule is O=C1/C(=C\c2ccc(COc3ccc(Cl)cc3[N+](=O)[O-])o2)NC(=S)N1c1ccccc1. The van der Waals surface area contributed by atoms with Crippen molar-refractivity contribution in [2.75, 3.05) is 4.90 Å². The van der Waals surface area contributed by atoms with Gasteiger partial charge in [-0.1, -0.05) is 29.8 Å². The summed E-state index contributed by atoms with van der Waals surface area (Å²) in [5.74, 6) is 0.589. The molecule has 1 aromatic heterocycles. The Bertz CT molecular complexity index is 1210. The molecule has 0 atom stereocenters. The van der Waals surface area contributed by atoms with E-state index in [2.05, 4.69) is 5.32 Å². The maximum atomic E-state index is 12.7. The van der Waals surface area contributed by atoms with Crippen molar-refractivity contribution in [3.8, 4) is 5.75 Å². The largest absolute Gasteiger partial charge is 0.479 e. The van der Waals surface area contributed by atoms with Crippen LogP contribution >= 0.6 is 23.8 Å². The maximum Gasteiger partial charge on any atom is 0.312 e. The van der Waals surface area contributed by atoms with E-state index in [-0.39, 0.29) is 39.8 Å². The molecule has 3 aromatic rings. The summed E-state index contributed by atoms with van der Waals surface area (Å²) in [6.45, 7) is -0.0401.